The molecule has 0 aromatic rings. The Kier molecular flexibility index (Phi) is 17.1. The number of hydrogen-bond acceptors (Lipinski definition) is 1. The van der Waals surface area contributed by atoms with Crippen LogP contribution >= 0.6 is 0 Å². The van der Waals surface area contributed by atoms with Crippen molar-refractivity contribution >= 4 is 6.21 Å². The normalized spacial score (nSPS) is 12.0. The molecule has 0 amide bonds. The molecule has 0 saturated carbocycles. The zero-order chi connectivity index (χ0) is 15.6. The highest BCUT2D eigenvalue weighted by Crippen LogP contribution is 2.13. The molecule has 0 atom stereocenters. The molecule has 0 bridgehead atoms. The average Bonchev–Trinajstić information content (AvgIpc) is 2.46. The molecule has 2 nitrogen and oxygen atoms in total. The van der Waals surface area contributed by atoms with Crippen LogP contribution in [0.3, 0.4) is 0 Å². The average molecular weight is 298 g/mol. The van der Waals surface area contributed by atoms with Crippen LogP contribution in [0.4, 0.5) is 0 Å². The van der Waals surface area contributed by atoms with Gasteiger partial charge >= 0.3 is 0 Å². The van der Waals surface area contributed by atoms with Gasteiger partial charge in [-0.2, -0.15) is 0 Å². The summed E-state index contributed by atoms with van der Waals surface area (Å²) in [6, 6.07) is 0. The highest BCUT2D eigenvalue weighted by Gasteiger charge is 1.94. The molecule has 0 aliphatic heterocycles. The fraction of sp³-hybridized carbons (Fsp3) is 0.947. The maximum atomic E-state index is 10.7. The lowest BCUT2D eigenvalue weighted by Gasteiger charge is -2.03. The van der Waals surface area contributed by atoms with E-state index in [-0.39, 0.29) is 0 Å². The Morgan fingerprint density at radius 1 is 0.619 bits per heavy atom. The second kappa shape index (κ2) is 17.5. The number of nitrogens with zero attached hydrogens (tertiary/aromatic N) is 1. The predicted octanol–water partition coefficient (Wildman–Crippen LogP) is 6.46. The molecule has 0 unspecified atom stereocenters. The van der Waals surface area contributed by atoms with Gasteiger partial charge in [-0.15, -0.1) is 0 Å². The van der Waals surface area contributed by atoms with Gasteiger partial charge in [0, 0.05) is 6.42 Å². The summed E-state index contributed by atoms with van der Waals surface area (Å²) in [5.41, 5.74) is 0. The van der Waals surface area contributed by atoms with E-state index in [9.17, 15) is 5.21 Å². The fourth-order valence-electron chi connectivity index (χ4n) is 2.79. The first-order chi connectivity index (χ1) is 10.3. The highest BCUT2D eigenvalue weighted by molar-refractivity contribution is 5.50. The van der Waals surface area contributed by atoms with Crippen molar-refractivity contribution in [3.05, 3.63) is 5.21 Å². The van der Waals surface area contributed by atoms with Crippen molar-refractivity contribution in [2.24, 2.45) is 0 Å². The van der Waals surface area contributed by atoms with Crippen LogP contribution in [0.5, 0.6) is 0 Å². The molecule has 0 aromatic heterocycles. The Bertz CT molecular complexity index is 222. The first-order valence-corrected chi connectivity index (χ1v) is 9.50. The van der Waals surface area contributed by atoms with E-state index in [0.717, 1.165) is 11.2 Å². The zero-order valence-corrected chi connectivity index (χ0v) is 14.7. The number of hydroxylamine groups is 1. The molecule has 0 N–H and O–H groups in total. The summed E-state index contributed by atoms with van der Waals surface area (Å²) < 4.78 is 0.920. The smallest absolute Gasteiger partial charge is 0.150 e. The van der Waals surface area contributed by atoms with Gasteiger partial charge in [-0.3, -0.25) is 0 Å². The summed E-state index contributed by atoms with van der Waals surface area (Å²) >= 11 is 0. The topological polar surface area (TPSA) is 26.1 Å². The molecule has 2 heteroatoms. The fourth-order valence-corrected chi connectivity index (χ4v) is 2.79. The molecule has 21 heavy (non-hydrogen) atoms. The molecule has 0 rings (SSSR count). The Morgan fingerprint density at radius 2 is 0.952 bits per heavy atom. The van der Waals surface area contributed by atoms with Crippen molar-refractivity contribution < 1.29 is 4.74 Å². The Balaban J connectivity index is 2.98. The van der Waals surface area contributed by atoms with Gasteiger partial charge in [-0.1, -0.05) is 96.8 Å². The van der Waals surface area contributed by atoms with Crippen molar-refractivity contribution in [2.75, 3.05) is 7.05 Å². The maximum absolute atomic E-state index is 10.7. The van der Waals surface area contributed by atoms with Gasteiger partial charge in [0.05, 0.1) is 0 Å². The van der Waals surface area contributed by atoms with Gasteiger partial charge in [0.15, 0.2) is 6.21 Å². The third-order valence-electron chi connectivity index (χ3n) is 4.19. The lowest BCUT2D eigenvalue weighted by molar-refractivity contribution is -0.418. The molecule has 0 aromatic carbocycles. The molecule has 0 aliphatic carbocycles. The van der Waals surface area contributed by atoms with Crippen molar-refractivity contribution in [1.82, 2.24) is 0 Å². The van der Waals surface area contributed by atoms with E-state index in [2.05, 4.69) is 6.92 Å². The Hall–Kier alpha value is -0.530. The molecule has 0 radical (unpaired) electrons. The zero-order valence-electron chi connectivity index (χ0n) is 14.7. The lowest BCUT2D eigenvalue weighted by atomic mass is 10.0. The van der Waals surface area contributed by atoms with Crippen molar-refractivity contribution in [2.45, 2.75) is 110 Å². The first kappa shape index (κ1) is 20.5. The van der Waals surface area contributed by atoms with Gasteiger partial charge < -0.3 is 5.21 Å². The number of hydrogen-bond donors (Lipinski definition) is 0. The minimum atomic E-state index is 0.920. The molecule has 0 fully saturated rings. The summed E-state index contributed by atoms with van der Waals surface area (Å²) in [5.74, 6) is 0. The minimum Gasteiger partial charge on any atom is -0.624 e. The van der Waals surface area contributed by atoms with E-state index in [1.165, 1.54) is 96.3 Å². The van der Waals surface area contributed by atoms with Gasteiger partial charge in [0.25, 0.3) is 0 Å². The molecule has 0 aliphatic rings. The van der Waals surface area contributed by atoms with Crippen LogP contribution in [0.1, 0.15) is 110 Å². The van der Waals surface area contributed by atoms with Crippen molar-refractivity contribution in [1.29, 1.82) is 0 Å². The predicted molar refractivity (Wildman–Crippen MR) is 95.2 cm³/mol. The SMILES string of the molecule is CCCCCCCCCCCCCCCCC/C=[N+](\C)[O-]. The molecular weight excluding hydrogens is 258 g/mol. The van der Waals surface area contributed by atoms with Crippen LogP contribution in [0.15, 0.2) is 0 Å². The lowest BCUT2D eigenvalue weighted by Crippen LogP contribution is -1.95. The monoisotopic (exact) mass is 297 g/mol. The molecule has 0 heterocycles. The Morgan fingerprint density at radius 3 is 1.29 bits per heavy atom. The van der Waals surface area contributed by atoms with E-state index in [1.54, 1.807) is 13.3 Å². The highest BCUT2D eigenvalue weighted by atomic mass is 16.5. The second-order valence-electron chi connectivity index (χ2n) is 6.47. The van der Waals surface area contributed by atoms with Crippen LogP contribution in [-0.4, -0.2) is 18.0 Å². The number of rotatable bonds is 16. The summed E-state index contributed by atoms with van der Waals surface area (Å²) in [6.45, 7) is 2.28. The quantitative estimate of drug-likeness (QED) is 0.105. The van der Waals surface area contributed by atoms with E-state index in [0.29, 0.717) is 0 Å². The summed E-state index contributed by atoms with van der Waals surface area (Å²) in [4.78, 5) is 0. The standard InChI is InChI=1S/C19H39NO/c1-3-4-5-6-7-8-9-10-11-12-13-14-15-16-17-18-19-20(2)21/h19H,3-18H2,1-2H3/b20-19+. The summed E-state index contributed by atoms with van der Waals surface area (Å²) in [5, 5.41) is 10.7. The van der Waals surface area contributed by atoms with Gasteiger partial charge in [0.1, 0.15) is 7.05 Å². The van der Waals surface area contributed by atoms with E-state index in [4.69, 9.17) is 0 Å². The largest absolute Gasteiger partial charge is 0.624 e. The van der Waals surface area contributed by atoms with Crippen molar-refractivity contribution in [3.63, 3.8) is 0 Å². The summed E-state index contributed by atoms with van der Waals surface area (Å²) in [6.07, 6.45) is 23.6. The minimum absolute atomic E-state index is 0.920. The molecular formula is C19H39NO. The third kappa shape index (κ3) is 19.5. The molecule has 126 valence electrons. The van der Waals surface area contributed by atoms with Crippen LogP contribution in [0, 0.1) is 5.21 Å². The van der Waals surface area contributed by atoms with Gasteiger partial charge in [0.2, 0.25) is 0 Å². The van der Waals surface area contributed by atoms with Crippen LogP contribution < -0.4 is 0 Å². The number of unbranched alkanes of at least 4 members (excludes halogenated alkanes) is 15. The third-order valence-corrected chi connectivity index (χ3v) is 4.19. The van der Waals surface area contributed by atoms with Gasteiger partial charge in [-0.25, -0.2) is 4.74 Å². The molecule has 0 spiro atoms. The second-order valence-corrected chi connectivity index (χ2v) is 6.47. The maximum Gasteiger partial charge on any atom is 0.150 e. The van der Waals surface area contributed by atoms with Crippen LogP contribution in [0.25, 0.3) is 0 Å². The molecule has 0 saturated heterocycles. The Labute approximate surface area is 133 Å². The van der Waals surface area contributed by atoms with E-state index in [1.807, 2.05) is 0 Å². The van der Waals surface area contributed by atoms with E-state index < -0.39 is 0 Å². The van der Waals surface area contributed by atoms with E-state index >= 15 is 0 Å². The summed E-state index contributed by atoms with van der Waals surface area (Å²) in [7, 11) is 1.56. The van der Waals surface area contributed by atoms with Crippen LogP contribution in [-0.2, 0) is 0 Å². The van der Waals surface area contributed by atoms with Crippen LogP contribution in [0.2, 0.25) is 0 Å². The first-order valence-electron chi connectivity index (χ1n) is 9.50. The van der Waals surface area contributed by atoms with Gasteiger partial charge in [-0.05, 0) is 6.42 Å². The van der Waals surface area contributed by atoms with Crippen molar-refractivity contribution in [3.8, 4) is 0 Å².